The van der Waals surface area contributed by atoms with Gasteiger partial charge in [-0.15, -0.1) is 11.8 Å². The maximum absolute atomic E-state index is 11.4. The van der Waals surface area contributed by atoms with E-state index in [1.165, 1.54) is 24.8 Å². The van der Waals surface area contributed by atoms with Crippen molar-refractivity contribution < 1.29 is 54.0 Å². The Balaban J connectivity index is 1.38. The second-order valence-electron chi connectivity index (χ2n) is 8.42. The number of phenols is 1. The average Bonchev–Trinajstić information content (AvgIpc) is 3.25. The van der Waals surface area contributed by atoms with Crippen molar-refractivity contribution in [3.8, 4) is 11.5 Å². The van der Waals surface area contributed by atoms with Gasteiger partial charge in [0, 0.05) is 24.0 Å². The van der Waals surface area contributed by atoms with Crippen LogP contribution in [0.1, 0.15) is 19.4 Å². The first-order valence-corrected chi connectivity index (χ1v) is 12.5. The molecule has 6 unspecified atom stereocenters. The molecule has 0 radical (unpaired) electrons. The van der Waals surface area contributed by atoms with Crippen LogP contribution in [0.3, 0.4) is 0 Å². The number of aliphatic carboxylic acids is 1. The first kappa shape index (κ1) is 28.6. The van der Waals surface area contributed by atoms with E-state index in [0.717, 1.165) is 0 Å². The van der Waals surface area contributed by atoms with Crippen LogP contribution >= 0.6 is 11.8 Å². The number of aromatic hydroxyl groups is 1. The van der Waals surface area contributed by atoms with Crippen molar-refractivity contribution in [2.24, 2.45) is 4.99 Å². The standard InChI is InChI=1S/C23H33NO11S/c1-3-32-19-17(27)16(11-25)35-21(18(19)28)34-9-7-31-6-8-33-13-4-5-14(15(26)10-13)20-24-23(2,12-36-20)22(29)30/h4-5,10,16-19,21,25-28H,3,6-9,11-12H2,1-2H3,(H,29,30). The van der Waals surface area contributed by atoms with Crippen molar-refractivity contribution in [1.29, 1.82) is 0 Å². The number of carboxylic acid groups (broad SMARTS) is 1. The molecule has 1 fully saturated rings. The normalized spacial score (nSPS) is 30.2. The molecular weight excluding hydrogens is 498 g/mol. The zero-order valence-electron chi connectivity index (χ0n) is 20.1. The molecule has 3 rings (SSSR count). The maximum atomic E-state index is 11.4. The highest BCUT2D eigenvalue weighted by Crippen LogP contribution is 2.35. The van der Waals surface area contributed by atoms with Crippen LogP contribution in [-0.2, 0) is 23.7 Å². The first-order valence-electron chi connectivity index (χ1n) is 11.6. The average molecular weight is 532 g/mol. The lowest BCUT2D eigenvalue weighted by molar-refractivity contribution is -0.308. The molecule has 202 valence electrons. The van der Waals surface area contributed by atoms with Crippen molar-refractivity contribution in [3.63, 3.8) is 0 Å². The van der Waals surface area contributed by atoms with E-state index in [2.05, 4.69) is 4.99 Å². The number of aliphatic hydroxyl groups excluding tert-OH is 3. The number of aliphatic imine (C=N–C) groups is 1. The summed E-state index contributed by atoms with van der Waals surface area (Å²) in [6.07, 6.45) is -5.37. The quantitative estimate of drug-likeness (QED) is 0.215. The SMILES string of the molecule is CCOC1C(O)C(CO)OC(OCCOCCOc2ccc(C3=NC(C)(C(=O)O)CS3)c(O)c2)C1O. The summed E-state index contributed by atoms with van der Waals surface area (Å²) in [7, 11) is 0. The van der Waals surface area contributed by atoms with Gasteiger partial charge < -0.3 is 49.2 Å². The molecule has 2 aliphatic heterocycles. The minimum atomic E-state index is -1.23. The highest BCUT2D eigenvalue weighted by Gasteiger charge is 2.45. The third-order valence-electron chi connectivity index (χ3n) is 5.69. The molecule has 36 heavy (non-hydrogen) atoms. The molecule has 0 saturated carbocycles. The lowest BCUT2D eigenvalue weighted by Crippen LogP contribution is -2.60. The van der Waals surface area contributed by atoms with Crippen molar-refractivity contribution in [2.45, 2.75) is 50.1 Å². The maximum Gasteiger partial charge on any atom is 0.332 e. The van der Waals surface area contributed by atoms with E-state index in [1.807, 2.05) is 0 Å². The van der Waals surface area contributed by atoms with Gasteiger partial charge in [-0.1, -0.05) is 0 Å². The van der Waals surface area contributed by atoms with Gasteiger partial charge in [0.1, 0.15) is 47.6 Å². The fourth-order valence-corrected chi connectivity index (χ4v) is 4.85. The van der Waals surface area contributed by atoms with E-state index < -0.39 is 48.8 Å². The predicted molar refractivity (Wildman–Crippen MR) is 129 cm³/mol. The zero-order valence-corrected chi connectivity index (χ0v) is 20.9. The fourth-order valence-electron chi connectivity index (χ4n) is 3.65. The van der Waals surface area contributed by atoms with Crippen LogP contribution in [0.5, 0.6) is 11.5 Å². The molecule has 0 amide bonds. The summed E-state index contributed by atoms with van der Waals surface area (Å²) >= 11 is 1.27. The van der Waals surface area contributed by atoms with E-state index in [-0.39, 0.29) is 38.8 Å². The van der Waals surface area contributed by atoms with Crippen molar-refractivity contribution in [3.05, 3.63) is 23.8 Å². The zero-order chi connectivity index (χ0) is 26.3. The van der Waals surface area contributed by atoms with Gasteiger partial charge in [-0.25, -0.2) is 4.79 Å². The molecule has 12 nitrogen and oxygen atoms in total. The van der Waals surface area contributed by atoms with E-state index in [9.17, 15) is 30.3 Å². The summed E-state index contributed by atoms with van der Waals surface area (Å²) in [5, 5.41) is 50.0. The van der Waals surface area contributed by atoms with Gasteiger partial charge in [0.05, 0.1) is 26.4 Å². The van der Waals surface area contributed by atoms with Gasteiger partial charge in [-0.2, -0.15) is 0 Å². The molecule has 5 N–H and O–H groups in total. The van der Waals surface area contributed by atoms with Gasteiger partial charge in [0.25, 0.3) is 0 Å². The number of rotatable bonds is 13. The van der Waals surface area contributed by atoms with Gasteiger partial charge in [0.2, 0.25) is 0 Å². The van der Waals surface area contributed by atoms with Gasteiger partial charge in [-0.3, -0.25) is 4.99 Å². The summed E-state index contributed by atoms with van der Waals surface area (Å²) in [4.78, 5) is 15.6. The highest BCUT2D eigenvalue weighted by atomic mass is 32.2. The Morgan fingerprint density at radius 1 is 1.19 bits per heavy atom. The number of ether oxygens (including phenoxy) is 5. The summed E-state index contributed by atoms with van der Waals surface area (Å²) in [5.74, 6) is -0.375. The van der Waals surface area contributed by atoms with E-state index >= 15 is 0 Å². The molecule has 1 saturated heterocycles. The lowest BCUT2D eigenvalue weighted by atomic mass is 9.99. The molecule has 2 aliphatic rings. The predicted octanol–water partition coefficient (Wildman–Crippen LogP) is -0.0150. The topological polar surface area (TPSA) is 177 Å². The van der Waals surface area contributed by atoms with Crippen LogP contribution in [0.15, 0.2) is 23.2 Å². The highest BCUT2D eigenvalue weighted by molar-refractivity contribution is 8.14. The molecule has 13 heteroatoms. The van der Waals surface area contributed by atoms with Crippen LogP contribution in [-0.4, -0.2) is 118 Å². The molecular formula is C23H33NO11S. The van der Waals surface area contributed by atoms with Crippen LogP contribution in [0.2, 0.25) is 0 Å². The Hall–Kier alpha value is -1.97. The smallest absolute Gasteiger partial charge is 0.332 e. The molecule has 1 aromatic carbocycles. The van der Waals surface area contributed by atoms with Crippen molar-refractivity contribution in [2.75, 3.05) is 45.4 Å². The van der Waals surface area contributed by atoms with Gasteiger partial charge in [0.15, 0.2) is 11.8 Å². The first-order chi connectivity index (χ1) is 17.2. The molecule has 0 aromatic heterocycles. The Labute approximate surface area is 212 Å². The largest absolute Gasteiger partial charge is 0.507 e. The Bertz CT molecular complexity index is 916. The number of carbonyl (C=O) groups is 1. The molecule has 0 bridgehead atoms. The Morgan fingerprint density at radius 3 is 2.58 bits per heavy atom. The fraction of sp³-hybridized carbons (Fsp3) is 0.652. The van der Waals surface area contributed by atoms with Crippen molar-refractivity contribution >= 4 is 22.8 Å². The third-order valence-corrected chi connectivity index (χ3v) is 6.98. The number of hydrogen-bond donors (Lipinski definition) is 5. The summed E-state index contributed by atoms with van der Waals surface area (Å²) < 4.78 is 27.3. The molecule has 2 heterocycles. The van der Waals surface area contributed by atoms with Crippen LogP contribution in [0.4, 0.5) is 0 Å². The number of carboxylic acids is 1. The second kappa shape index (κ2) is 13.0. The number of aliphatic hydroxyl groups is 3. The molecule has 1 aromatic rings. The number of hydrogen-bond acceptors (Lipinski definition) is 12. The number of thioether (sulfide) groups is 1. The summed E-state index contributed by atoms with van der Waals surface area (Å²) in [6.45, 7) is 3.75. The lowest BCUT2D eigenvalue weighted by Gasteiger charge is -2.41. The summed E-state index contributed by atoms with van der Waals surface area (Å²) in [6, 6.07) is 4.71. The second-order valence-corrected chi connectivity index (χ2v) is 9.39. The summed E-state index contributed by atoms with van der Waals surface area (Å²) in [5.41, 5.74) is -0.767. The Kier molecular flexibility index (Phi) is 10.3. The third kappa shape index (κ3) is 6.86. The molecule has 6 atom stereocenters. The number of benzene rings is 1. The van der Waals surface area contributed by atoms with Crippen LogP contribution in [0.25, 0.3) is 0 Å². The van der Waals surface area contributed by atoms with Gasteiger partial charge >= 0.3 is 5.97 Å². The molecule has 0 aliphatic carbocycles. The van der Waals surface area contributed by atoms with Crippen molar-refractivity contribution in [1.82, 2.24) is 0 Å². The van der Waals surface area contributed by atoms with Crippen LogP contribution in [0, 0.1) is 0 Å². The Morgan fingerprint density at radius 2 is 1.94 bits per heavy atom. The van der Waals surface area contributed by atoms with Crippen LogP contribution < -0.4 is 4.74 Å². The van der Waals surface area contributed by atoms with E-state index in [0.29, 0.717) is 22.1 Å². The molecule has 0 spiro atoms. The van der Waals surface area contributed by atoms with E-state index in [4.69, 9.17) is 23.7 Å². The number of nitrogens with zero attached hydrogens (tertiary/aromatic N) is 1. The van der Waals surface area contributed by atoms with Gasteiger partial charge in [-0.05, 0) is 26.0 Å². The van der Waals surface area contributed by atoms with E-state index in [1.54, 1.807) is 19.1 Å². The monoisotopic (exact) mass is 531 g/mol. The minimum absolute atomic E-state index is 0.0644. The minimum Gasteiger partial charge on any atom is -0.507 e. The number of phenolic OH excluding ortho intramolecular Hbond substituents is 1.